The van der Waals surface area contributed by atoms with Crippen LogP contribution in [0.25, 0.3) is 10.2 Å². The number of carbonyl (C=O) groups excluding carboxylic acids is 1. The number of carbonyl (C=O) groups is 1. The first kappa shape index (κ1) is 18.1. The highest BCUT2D eigenvalue weighted by molar-refractivity contribution is 7.20. The first-order valence-electron chi connectivity index (χ1n) is 8.34. The van der Waals surface area contributed by atoms with Crippen molar-refractivity contribution in [1.82, 2.24) is 9.97 Å². The quantitative estimate of drug-likeness (QED) is 0.761. The molecular weight excluding hydrogens is 338 g/mol. The fourth-order valence-corrected chi connectivity index (χ4v) is 4.81. The fraction of sp³-hybridized carbons (Fsp3) is 0.611. The van der Waals surface area contributed by atoms with Crippen molar-refractivity contribution < 1.29 is 14.3 Å². The summed E-state index contributed by atoms with van der Waals surface area (Å²) < 4.78 is 11.1. The summed E-state index contributed by atoms with van der Waals surface area (Å²) in [5.74, 6) is 1.24. The Kier molecular flexibility index (Phi) is 4.28. The highest BCUT2D eigenvalue weighted by Gasteiger charge is 2.39. The minimum absolute atomic E-state index is 0.290. The van der Waals surface area contributed by atoms with Gasteiger partial charge in [-0.3, -0.25) is 0 Å². The average molecular weight is 363 g/mol. The fourth-order valence-electron chi connectivity index (χ4n) is 3.68. The molecule has 0 radical (unpaired) electrons. The Labute approximate surface area is 152 Å². The van der Waals surface area contributed by atoms with Gasteiger partial charge in [-0.15, -0.1) is 11.3 Å². The van der Waals surface area contributed by atoms with Crippen LogP contribution < -0.4 is 4.90 Å². The van der Waals surface area contributed by atoms with E-state index in [1.807, 2.05) is 13.8 Å². The van der Waals surface area contributed by atoms with Crippen molar-refractivity contribution >= 4 is 33.3 Å². The molecule has 1 aliphatic rings. The zero-order valence-electron chi connectivity index (χ0n) is 15.9. The van der Waals surface area contributed by atoms with Gasteiger partial charge in [-0.1, -0.05) is 0 Å². The lowest BCUT2D eigenvalue weighted by molar-refractivity contribution is -0.133. The topological polar surface area (TPSA) is 64.5 Å². The molecule has 0 spiro atoms. The van der Waals surface area contributed by atoms with Crippen molar-refractivity contribution in [3.8, 4) is 0 Å². The number of hydrogen-bond acceptors (Lipinski definition) is 7. The van der Waals surface area contributed by atoms with Gasteiger partial charge >= 0.3 is 5.97 Å². The molecule has 25 heavy (non-hydrogen) atoms. The van der Waals surface area contributed by atoms with Crippen LogP contribution in [0.5, 0.6) is 0 Å². The Morgan fingerprint density at radius 1 is 1.16 bits per heavy atom. The molecule has 0 aromatic carbocycles. The molecule has 136 valence electrons. The van der Waals surface area contributed by atoms with Crippen LogP contribution in [0.1, 0.15) is 48.8 Å². The predicted octanol–water partition coefficient (Wildman–Crippen LogP) is 3.49. The van der Waals surface area contributed by atoms with Crippen molar-refractivity contribution in [2.24, 2.45) is 0 Å². The maximum absolute atomic E-state index is 12.1. The van der Waals surface area contributed by atoms with E-state index in [0.717, 1.165) is 34.7 Å². The first-order valence-corrected chi connectivity index (χ1v) is 9.16. The number of morpholine rings is 1. The second kappa shape index (κ2) is 5.92. The number of anilines is 1. The van der Waals surface area contributed by atoms with E-state index in [2.05, 4.69) is 37.6 Å². The number of aromatic nitrogens is 2. The molecule has 0 saturated carbocycles. The van der Waals surface area contributed by atoms with Crippen LogP contribution in [0.2, 0.25) is 0 Å². The summed E-state index contributed by atoms with van der Waals surface area (Å²) in [6, 6.07) is 0. The molecule has 7 heteroatoms. The molecule has 0 amide bonds. The Morgan fingerprint density at radius 3 is 2.32 bits per heavy atom. The second-order valence-electron chi connectivity index (χ2n) is 7.80. The SMILES string of the molecule is COC(=O)c1sc2nc(C)nc(N3CC(C)(C)OC(C)(C)C3)c2c1C. The van der Waals surface area contributed by atoms with Gasteiger partial charge in [0.1, 0.15) is 21.3 Å². The van der Waals surface area contributed by atoms with Crippen molar-refractivity contribution in [1.29, 1.82) is 0 Å². The van der Waals surface area contributed by atoms with Crippen molar-refractivity contribution in [2.75, 3.05) is 25.1 Å². The highest BCUT2D eigenvalue weighted by atomic mass is 32.1. The maximum Gasteiger partial charge on any atom is 0.348 e. The monoisotopic (exact) mass is 363 g/mol. The number of nitrogens with zero attached hydrogens (tertiary/aromatic N) is 3. The van der Waals surface area contributed by atoms with Crippen LogP contribution >= 0.6 is 11.3 Å². The van der Waals surface area contributed by atoms with Crippen molar-refractivity contribution in [3.05, 3.63) is 16.3 Å². The Balaban J connectivity index is 2.18. The van der Waals surface area contributed by atoms with Gasteiger partial charge < -0.3 is 14.4 Å². The molecule has 0 unspecified atom stereocenters. The third-order valence-electron chi connectivity index (χ3n) is 4.25. The van der Waals surface area contributed by atoms with Gasteiger partial charge in [0.15, 0.2) is 0 Å². The van der Waals surface area contributed by atoms with Gasteiger partial charge in [0.25, 0.3) is 0 Å². The Morgan fingerprint density at radius 2 is 1.76 bits per heavy atom. The first-order chi connectivity index (χ1) is 11.5. The van der Waals surface area contributed by atoms with E-state index in [9.17, 15) is 4.79 Å². The Hall–Kier alpha value is -1.73. The second-order valence-corrected chi connectivity index (χ2v) is 8.80. The minimum Gasteiger partial charge on any atom is -0.465 e. The van der Waals surface area contributed by atoms with Gasteiger partial charge in [0.2, 0.25) is 0 Å². The van der Waals surface area contributed by atoms with Crippen LogP contribution in [0.4, 0.5) is 5.82 Å². The van der Waals surface area contributed by atoms with Gasteiger partial charge in [-0.05, 0) is 47.1 Å². The summed E-state index contributed by atoms with van der Waals surface area (Å²) >= 11 is 1.37. The molecule has 0 atom stereocenters. The normalized spacial score (nSPS) is 19.2. The van der Waals surface area contributed by atoms with E-state index in [4.69, 9.17) is 14.5 Å². The van der Waals surface area contributed by atoms with Crippen LogP contribution in [-0.4, -0.2) is 47.3 Å². The summed E-state index contributed by atoms with van der Waals surface area (Å²) in [5, 5.41) is 0.935. The van der Waals surface area contributed by atoms with Crippen LogP contribution in [0.15, 0.2) is 0 Å². The summed E-state index contributed by atoms with van der Waals surface area (Å²) in [6.45, 7) is 13.6. The number of aryl methyl sites for hydroxylation is 2. The number of methoxy groups -OCH3 is 1. The molecule has 0 N–H and O–H groups in total. The van der Waals surface area contributed by atoms with Crippen molar-refractivity contribution in [2.45, 2.75) is 52.7 Å². The number of esters is 1. The van der Waals surface area contributed by atoms with Gasteiger partial charge in [-0.2, -0.15) is 0 Å². The summed E-state index contributed by atoms with van der Waals surface area (Å²) in [7, 11) is 1.40. The van der Waals surface area contributed by atoms with E-state index < -0.39 is 0 Å². The third-order valence-corrected chi connectivity index (χ3v) is 5.41. The van der Waals surface area contributed by atoms with E-state index >= 15 is 0 Å². The van der Waals surface area contributed by atoms with Crippen LogP contribution in [-0.2, 0) is 9.47 Å². The molecule has 2 aromatic heterocycles. The zero-order chi connectivity index (χ0) is 18.6. The molecule has 1 saturated heterocycles. The van der Waals surface area contributed by atoms with Crippen molar-refractivity contribution in [3.63, 3.8) is 0 Å². The van der Waals surface area contributed by atoms with Crippen LogP contribution in [0, 0.1) is 13.8 Å². The summed E-state index contributed by atoms with van der Waals surface area (Å²) in [6.07, 6.45) is 0. The van der Waals surface area contributed by atoms with Gasteiger partial charge in [0, 0.05) is 13.1 Å². The highest BCUT2D eigenvalue weighted by Crippen LogP contribution is 2.39. The number of ether oxygens (including phenoxy) is 2. The molecule has 6 nitrogen and oxygen atoms in total. The lowest BCUT2D eigenvalue weighted by atomic mass is 9.98. The zero-order valence-corrected chi connectivity index (χ0v) is 16.7. The predicted molar refractivity (Wildman–Crippen MR) is 99.7 cm³/mol. The molecule has 0 aliphatic carbocycles. The minimum atomic E-state index is -0.327. The molecule has 3 heterocycles. The number of thiophene rings is 1. The smallest absolute Gasteiger partial charge is 0.348 e. The lowest BCUT2D eigenvalue weighted by Gasteiger charge is -2.47. The summed E-state index contributed by atoms with van der Waals surface area (Å²) in [5.41, 5.74) is 0.299. The van der Waals surface area contributed by atoms with E-state index in [-0.39, 0.29) is 17.2 Å². The number of rotatable bonds is 2. The lowest BCUT2D eigenvalue weighted by Crippen LogP contribution is -2.57. The van der Waals surface area contributed by atoms with E-state index in [0.29, 0.717) is 10.7 Å². The maximum atomic E-state index is 12.1. The van der Waals surface area contributed by atoms with Crippen LogP contribution in [0.3, 0.4) is 0 Å². The third kappa shape index (κ3) is 3.35. The number of hydrogen-bond donors (Lipinski definition) is 0. The average Bonchev–Trinajstić information content (AvgIpc) is 2.79. The molecule has 2 aromatic rings. The molecule has 1 fully saturated rings. The molecular formula is C18H25N3O3S. The molecule has 3 rings (SSSR count). The Bertz CT molecular complexity index is 826. The summed E-state index contributed by atoms with van der Waals surface area (Å²) in [4.78, 5) is 25.0. The van der Waals surface area contributed by atoms with Gasteiger partial charge in [0.05, 0.1) is 23.7 Å². The molecule has 0 bridgehead atoms. The number of fused-ring (bicyclic) bond motifs is 1. The molecule has 1 aliphatic heterocycles. The van der Waals surface area contributed by atoms with Gasteiger partial charge in [-0.25, -0.2) is 14.8 Å². The van der Waals surface area contributed by atoms with E-state index in [1.165, 1.54) is 18.4 Å². The standard InChI is InChI=1S/C18H25N3O3S/c1-10-12-14(21-8-17(3,4)24-18(5,6)9-21)19-11(2)20-15(12)25-13(10)16(22)23-7/h8-9H2,1-7H3. The van der Waals surface area contributed by atoms with E-state index in [1.54, 1.807) is 0 Å². The largest absolute Gasteiger partial charge is 0.465 e.